The van der Waals surface area contributed by atoms with Crippen LogP contribution in [0, 0.1) is 11.3 Å². The van der Waals surface area contributed by atoms with Crippen LogP contribution >= 0.6 is 0 Å². The van der Waals surface area contributed by atoms with Crippen LogP contribution in [0.15, 0.2) is 24.3 Å². The van der Waals surface area contributed by atoms with Gasteiger partial charge in [0.05, 0.1) is 17.7 Å². The van der Waals surface area contributed by atoms with Gasteiger partial charge in [0.1, 0.15) is 6.04 Å². The summed E-state index contributed by atoms with van der Waals surface area (Å²) >= 11 is 0. The zero-order valence-electron chi connectivity index (χ0n) is 10.0. The highest BCUT2D eigenvalue weighted by molar-refractivity contribution is 5.79. The number of carboxylic acids is 1. The van der Waals surface area contributed by atoms with Crippen molar-refractivity contribution in [2.75, 3.05) is 18.6 Å². The molecular weight excluding hydrogens is 232 g/mol. The molecule has 94 valence electrons. The number of anilines is 1. The molecule has 1 aromatic rings. The molecule has 0 radical (unpaired) electrons. The Kier molecular flexibility index (Phi) is 3.49. The summed E-state index contributed by atoms with van der Waals surface area (Å²) < 4.78 is 5.23. The summed E-state index contributed by atoms with van der Waals surface area (Å²) in [4.78, 5) is 13.0. The molecule has 1 saturated heterocycles. The Morgan fingerprint density at radius 3 is 2.67 bits per heavy atom. The number of benzene rings is 1. The number of aliphatic carboxylic acids is 1. The summed E-state index contributed by atoms with van der Waals surface area (Å²) in [5.41, 5.74) is 1.37. The summed E-state index contributed by atoms with van der Waals surface area (Å²) in [6.45, 7) is 0.555. The van der Waals surface area contributed by atoms with Gasteiger partial charge in [-0.2, -0.15) is 5.26 Å². The van der Waals surface area contributed by atoms with E-state index in [1.165, 1.54) is 0 Å². The van der Waals surface area contributed by atoms with Crippen molar-refractivity contribution in [1.29, 1.82) is 5.26 Å². The van der Waals surface area contributed by atoms with Crippen LogP contribution in [0.1, 0.15) is 12.0 Å². The van der Waals surface area contributed by atoms with Crippen LogP contribution in [0.5, 0.6) is 0 Å². The van der Waals surface area contributed by atoms with Crippen LogP contribution in [0.25, 0.3) is 0 Å². The molecule has 0 saturated carbocycles. The minimum Gasteiger partial charge on any atom is -0.480 e. The highest BCUT2D eigenvalue weighted by Gasteiger charge is 2.36. The third kappa shape index (κ3) is 2.29. The van der Waals surface area contributed by atoms with Crippen molar-refractivity contribution in [3.63, 3.8) is 0 Å². The summed E-state index contributed by atoms with van der Waals surface area (Å²) in [5, 5.41) is 17.9. The first-order valence-corrected chi connectivity index (χ1v) is 5.68. The minimum atomic E-state index is -0.848. The van der Waals surface area contributed by atoms with Gasteiger partial charge in [0.15, 0.2) is 0 Å². The largest absolute Gasteiger partial charge is 0.480 e. The van der Waals surface area contributed by atoms with E-state index in [-0.39, 0.29) is 6.10 Å². The Morgan fingerprint density at radius 1 is 1.50 bits per heavy atom. The first-order valence-electron chi connectivity index (χ1n) is 5.68. The summed E-state index contributed by atoms with van der Waals surface area (Å²) in [5.74, 6) is -0.848. The second kappa shape index (κ2) is 5.07. The number of methoxy groups -OCH3 is 1. The lowest BCUT2D eigenvalue weighted by Gasteiger charge is -2.23. The van der Waals surface area contributed by atoms with Crippen LogP contribution < -0.4 is 4.90 Å². The van der Waals surface area contributed by atoms with E-state index in [1.54, 1.807) is 36.3 Å². The second-order valence-corrected chi connectivity index (χ2v) is 4.26. The Morgan fingerprint density at radius 2 is 2.17 bits per heavy atom. The topological polar surface area (TPSA) is 73.6 Å². The van der Waals surface area contributed by atoms with E-state index < -0.39 is 12.0 Å². The van der Waals surface area contributed by atoms with Crippen molar-refractivity contribution in [2.45, 2.75) is 18.6 Å². The zero-order valence-corrected chi connectivity index (χ0v) is 10.0. The lowest BCUT2D eigenvalue weighted by atomic mass is 10.1. The molecule has 2 unspecified atom stereocenters. The summed E-state index contributed by atoms with van der Waals surface area (Å²) in [6.07, 6.45) is 0.410. The average molecular weight is 246 g/mol. The van der Waals surface area contributed by atoms with Crippen molar-refractivity contribution >= 4 is 11.7 Å². The smallest absolute Gasteiger partial charge is 0.326 e. The molecule has 18 heavy (non-hydrogen) atoms. The van der Waals surface area contributed by atoms with Crippen molar-refractivity contribution in [3.05, 3.63) is 29.8 Å². The number of ether oxygens (including phenoxy) is 1. The first kappa shape index (κ1) is 12.4. The van der Waals surface area contributed by atoms with Gasteiger partial charge in [0, 0.05) is 25.8 Å². The molecule has 0 spiro atoms. The van der Waals surface area contributed by atoms with Crippen LogP contribution in [0.4, 0.5) is 5.69 Å². The molecule has 1 aromatic carbocycles. The van der Waals surface area contributed by atoms with Crippen LogP contribution in [-0.4, -0.2) is 36.9 Å². The number of nitrogens with zero attached hydrogens (tertiary/aromatic N) is 2. The SMILES string of the molecule is COC1CC(C(=O)O)N(c2ccc(C#N)cc2)C1. The van der Waals surface area contributed by atoms with Gasteiger partial charge in [-0.05, 0) is 24.3 Å². The molecule has 5 nitrogen and oxygen atoms in total. The van der Waals surface area contributed by atoms with Gasteiger partial charge < -0.3 is 14.7 Å². The van der Waals surface area contributed by atoms with Crippen LogP contribution in [0.2, 0.25) is 0 Å². The maximum Gasteiger partial charge on any atom is 0.326 e. The number of hydrogen-bond acceptors (Lipinski definition) is 4. The van der Waals surface area contributed by atoms with E-state index in [4.69, 9.17) is 10.00 Å². The van der Waals surface area contributed by atoms with Gasteiger partial charge in [0.25, 0.3) is 0 Å². The third-order valence-corrected chi connectivity index (χ3v) is 3.21. The molecule has 0 aromatic heterocycles. The zero-order chi connectivity index (χ0) is 13.1. The molecule has 5 heteroatoms. The molecule has 0 aliphatic carbocycles. The van der Waals surface area contributed by atoms with Gasteiger partial charge in [-0.25, -0.2) is 4.79 Å². The average Bonchev–Trinajstić information content (AvgIpc) is 2.83. The molecule has 2 rings (SSSR count). The standard InChI is InChI=1S/C13H14N2O3/c1-18-11-6-12(13(16)17)15(8-11)10-4-2-9(7-14)3-5-10/h2-5,11-12H,6,8H2,1H3,(H,16,17). The van der Waals surface area contributed by atoms with Gasteiger partial charge in [0.2, 0.25) is 0 Å². The first-order chi connectivity index (χ1) is 8.65. The van der Waals surface area contributed by atoms with E-state index in [9.17, 15) is 9.90 Å². The van der Waals surface area contributed by atoms with E-state index in [0.29, 0.717) is 18.5 Å². The molecule has 2 atom stereocenters. The maximum absolute atomic E-state index is 11.2. The van der Waals surface area contributed by atoms with E-state index in [1.807, 2.05) is 6.07 Å². The fourth-order valence-electron chi connectivity index (χ4n) is 2.22. The van der Waals surface area contributed by atoms with E-state index >= 15 is 0 Å². The monoisotopic (exact) mass is 246 g/mol. The fourth-order valence-corrected chi connectivity index (χ4v) is 2.22. The summed E-state index contributed by atoms with van der Waals surface area (Å²) in [7, 11) is 1.59. The Labute approximate surface area is 105 Å². The number of carboxylic acid groups (broad SMARTS) is 1. The number of carbonyl (C=O) groups is 1. The lowest BCUT2D eigenvalue weighted by Crippen LogP contribution is -2.35. The molecule has 1 aliphatic heterocycles. The normalized spacial score (nSPS) is 22.8. The molecule has 0 amide bonds. The number of rotatable bonds is 3. The molecule has 1 fully saturated rings. The Hall–Kier alpha value is -2.06. The lowest BCUT2D eigenvalue weighted by molar-refractivity contribution is -0.138. The predicted molar refractivity (Wildman–Crippen MR) is 65.3 cm³/mol. The fraction of sp³-hybridized carbons (Fsp3) is 0.385. The van der Waals surface area contributed by atoms with Crippen LogP contribution in [0.3, 0.4) is 0 Å². The number of nitriles is 1. The Bertz CT molecular complexity index is 478. The van der Waals surface area contributed by atoms with Gasteiger partial charge in [-0.1, -0.05) is 0 Å². The van der Waals surface area contributed by atoms with E-state index in [0.717, 1.165) is 5.69 Å². The highest BCUT2D eigenvalue weighted by Crippen LogP contribution is 2.27. The minimum absolute atomic E-state index is 0.0678. The predicted octanol–water partition coefficient (Wildman–Crippen LogP) is 1.24. The third-order valence-electron chi connectivity index (χ3n) is 3.21. The van der Waals surface area contributed by atoms with Gasteiger partial charge in [-0.15, -0.1) is 0 Å². The second-order valence-electron chi connectivity index (χ2n) is 4.26. The Balaban J connectivity index is 2.24. The summed E-state index contributed by atoms with van der Waals surface area (Å²) in [6, 6.07) is 8.39. The maximum atomic E-state index is 11.2. The van der Waals surface area contributed by atoms with Gasteiger partial charge in [-0.3, -0.25) is 0 Å². The molecule has 1 aliphatic rings. The van der Waals surface area contributed by atoms with Crippen molar-refractivity contribution in [3.8, 4) is 6.07 Å². The van der Waals surface area contributed by atoms with E-state index in [2.05, 4.69) is 0 Å². The molecule has 1 N–H and O–H groups in total. The van der Waals surface area contributed by atoms with Crippen LogP contribution in [-0.2, 0) is 9.53 Å². The molecule has 1 heterocycles. The quantitative estimate of drug-likeness (QED) is 0.868. The van der Waals surface area contributed by atoms with Crippen molar-refractivity contribution in [1.82, 2.24) is 0 Å². The van der Waals surface area contributed by atoms with Crippen molar-refractivity contribution in [2.24, 2.45) is 0 Å². The molecule has 0 bridgehead atoms. The number of hydrogen-bond donors (Lipinski definition) is 1. The van der Waals surface area contributed by atoms with Gasteiger partial charge >= 0.3 is 5.97 Å². The van der Waals surface area contributed by atoms with Crippen molar-refractivity contribution < 1.29 is 14.6 Å². The molecular formula is C13H14N2O3. The highest BCUT2D eigenvalue weighted by atomic mass is 16.5.